The van der Waals surface area contributed by atoms with Crippen LogP contribution in [0.1, 0.15) is 31.8 Å². The Morgan fingerprint density at radius 2 is 1.04 bits per heavy atom. The highest BCUT2D eigenvalue weighted by Crippen LogP contribution is 2.42. The molecule has 8 nitrogen and oxygen atoms in total. The van der Waals surface area contributed by atoms with Crippen LogP contribution in [0.5, 0.6) is 0 Å². The Kier molecular flexibility index (Phi) is 4.89. The Morgan fingerprint density at radius 3 is 1.35 bits per heavy atom. The number of ketones is 2. The molecule has 0 amide bonds. The van der Waals surface area contributed by atoms with Crippen molar-refractivity contribution >= 4 is 59.5 Å². The Hall–Kier alpha value is -1.48. The molecule has 0 unspecified atom stereocenters. The molecule has 26 heavy (non-hydrogen) atoms. The second kappa shape index (κ2) is 6.60. The predicted octanol–water partition coefficient (Wildman–Crippen LogP) is 1.57. The van der Waals surface area contributed by atoms with E-state index >= 15 is 0 Å². The van der Waals surface area contributed by atoms with Crippen molar-refractivity contribution in [3.63, 3.8) is 0 Å². The standard InChI is InChI=1S/C14H16N6O2P2S2/c15-23(16,25)19-9-5-6-10(20-24(17,18)26)12-11(9)13(21)7-3-1-2-4-8(7)14(12)22/h1-6H,(H5,15,16,19,25)(H5,17,18,20,26). The zero-order valence-electron chi connectivity index (χ0n) is 13.3. The summed E-state index contributed by atoms with van der Waals surface area (Å²) in [4.78, 5) is 26.2. The van der Waals surface area contributed by atoms with E-state index in [1.165, 1.54) is 0 Å². The van der Waals surface area contributed by atoms with E-state index in [1.807, 2.05) is 0 Å². The lowest BCUT2D eigenvalue weighted by molar-refractivity contribution is 0.0980. The number of rotatable bonds is 4. The number of carbonyl (C=O) groups is 2. The molecule has 1 aliphatic carbocycles. The van der Waals surface area contributed by atoms with Gasteiger partial charge in [0.2, 0.25) is 0 Å². The maximum Gasteiger partial charge on any atom is 0.196 e. The van der Waals surface area contributed by atoms with Crippen LogP contribution in [0.4, 0.5) is 11.4 Å². The molecule has 0 aliphatic heterocycles. The monoisotopic (exact) mass is 426 g/mol. The molecule has 2 aromatic rings. The number of hydrogen-bond acceptors (Lipinski definition) is 4. The number of anilines is 2. The average Bonchev–Trinajstić information content (AvgIpc) is 2.51. The highest BCUT2D eigenvalue weighted by Gasteiger charge is 2.34. The largest absolute Gasteiger partial charge is 0.335 e. The normalized spacial score (nSPS) is 13.8. The number of nitrogens with one attached hydrogen (secondary N) is 2. The first kappa shape index (κ1) is 19.3. The molecule has 3 rings (SSSR count). The molecule has 0 spiro atoms. The first-order chi connectivity index (χ1) is 12.0. The van der Waals surface area contributed by atoms with Crippen molar-refractivity contribution in [2.45, 2.75) is 0 Å². The average molecular weight is 426 g/mol. The van der Waals surface area contributed by atoms with Crippen molar-refractivity contribution in [3.8, 4) is 0 Å². The van der Waals surface area contributed by atoms with Gasteiger partial charge in [-0.15, -0.1) is 0 Å². The van der Waals surface area contributed by atoms with E-state index in [-0.39, 0.29) is 45.2 Å². The molecule has 0 saturated heterocycles. The number of hydrogen-bond donors (Lipinski definition) is 6. The Balaban J connectivity index is 2.30. The highest BCUT2D eigenvalue weighted by molar-refractivity contribution is 8.13. The fourth-order valence-electron chi connectivity index (χ4n) is 2.79. The van der Waals surface area contributed by atoms with Gasteiger partial charge in [0.25, 0.3) is 0 Å². The van der Waals surface area contributed by atoms with E-state index < -0.39 is 13.0 Å². The van der Waals surface area contributed by atoms with Crippen molar-refractivity contribution < 1.29 is 9.59 Å². The first-order valence-corrected chi connectivity index (χ1v) is 13.1. The van der Waals surface area contributed by atoms with Gasteiger partial charge in [0, 0.05) is 11.1 Å². The lowest BCUT2D eigenvalue weighted by Crippen LogP contribution is -2.25. The van der Waals surface area contributed by atoms with E-state index in [1.54, 1.807) is 36.4 Å². The van der Waals surface area contributed by atoms with Gasteiger partial charge in [0.1, 0.15) is 0 Å². The fraction of sp³-hybridized carbons (Fsp3) is 0. The maximum atomic E-state index is 13.1. The van der Waals surface area contributed by atoms with Crippen molar-refractivity contribution in [2.24, 2.45) is 22.0 Å². The Bertz CT molecular complexity index is 964. The molecule has 10 N–H and O–H groups in total. The number of nitrogens with two attached hydrogens (primary N) is 4. The van der Waals surface area contributed by atoms with Gasteiger partial charge >= 0.3 is 0 Å². The lowest BCUT2D eigenvalue weighted by Gasteiger charge is -2.26. The van der Waals surface area contributed by atoms with Gasteiger partial charge < -0.3 is 10.2 Å². The third-order valence-corrected chi connectivity index (χ3v) is 5.39. The minimum absolute atomic E-state index is 0.118. The van der Waals surface area contributed by atoms with Crippen molar-refractivity contribution in [2.75, 3.05) is 10.2 Å². The SMILES string of the molecule is NP(N)(=S)Nc1ccc(NP(N)(N)=S)c2c1C(=O)c1ccccc1C2=O. The van der Waals surface area contributed by atoms with Crippen LogP contribution in [0.25, 0.3) is 0 Å². The molecule has 1 aliphatic rings. The summed E-state index contributed by atoms with van der Waals surface area (Å²) in [6.45, 7) is -5.77. The molecular weight excluding hydrogens is 410 g/mol. The summed E-state index contributed by atoms with van der Waals surface area (Å²) < 4.78 is 0. The molecule has 0 bridgehead atoms. The van der Waals surface area contributed by atoms with Gasteiger partial charge in [0.05, 0.1) is 22.5 Å². The van der Waals surface area contributed by atoms with Crippen LogP contribution in [0.3, 0.4) is 0 Å². The summed E-state index contributed by atoms with van der Waals surface area (Å²) in [7, 11) is 0. The van der Waals surface area contributed by atoms with Crippen LogP contribution < -0.4 is 32.2 Å². The van der Waals surface area contributed by atoms with Crippen LogP contribution in [0, 0.1) is 0 Å². The fourth-order valence-corrected chi connectivity index (χ4v) is 4.50. The van der Waals surface area contributed by atoms with Gasteiger partial charge in [-0.2, -0.15) is 0 Å². The molecule has 136 valence electrons. The molecule has 0 radical (unpaired) electrons. The van der Waals surface area contributed by atoms with Gasteiger partial charge in [-0.1, -0.05) is 24.3 Å². The third kappa shape index (κ3) is 3.78. The predicted molar refractivity (Wildman–Crippen MR) is 112 cm³/mol. The topological polar surface area (TPSA) is 162 Å². The van der Waals surface area contributed by atoms with Crippen molar-refractivity contribution in [3.05, 3.63) is 58.7 Å². The zero-order valence-corrected chi connectivity index (χ0v) is 16.7. The summed E-state index contributed by atoms with van der Waals surface area (Å²) in [6, 6.07) is 9.62. The van der Waals surface area contributed by atoms with E-state index in [0.717, 1.165) is 0 Å². The van der Waals surface area contributed by atoms with Crippen LogP contribution in [0.15, 0.2) is 36.4 Å². The second-order valence-electron chi connectivity index (χ2n) is 5.76. The van der Waals surface area contributed by atoms with E-state index in [9.17, 15) is 9.59 Å². The maximum absolute atomic E-state index is 13.1. The summed E-state index contributed by atoms with van der Waals surface area (Å²) >= 11 is 10.1. The van der Waals surface area contributed by atoms with Crippen molar-refractivity contribution in [1.29, 1.82) is 0 Å². The van der Waals surface area contributed by atoms with Crippen LogP contribution in [-0.2, 0) is 23.6 Å². The summed E-state index contributed by atoms with van der Waals surface area (Å²) in [5.74, 6) is -0.709. The summed E-state index contributed by atoms with van der Waals surface area (Å²) in [5, 5.41) is 5.56. The molecule has 0 saturated carbocycles. The van der Waals surface area contributed by atoms with Gasteiger partial charge in [-0.3, -0.25) is 31.6 Å². The number of benzene rings is 2. The van der Waals surface area contributed by atoms with Gasteiger partial charge in [-0.25, -0.2) is 0 Å². The minimum atomic E-state index is -2.88. The van der Waals surface area contributed by atoms with Crippen molar-refractivity contribution in [1.82, 2.24) is 0 Å². The molecule has 12 heteroatoms. The van der Waals surface area contributed by atoms with Crippen LogP contribution in [0.2, 0.25) is 0 Å². The smallest absolute Gasteiger partial charge is 0.196 e. The minimum Gasteiger partial charge on any atom is -0.335 e. The molecular formula is C14H16N6O2P2S2. The first-order valence-electron chi connectivity index (χ1n) is 7.24. The Labute approximate surface area is 160 Å². The lowest BCUT2D eigenvalue weighted by atomic mass is 9.82. The van der Waals surface area contributed by atoms with E-state index in [0.29, 0.717) is 0 Å². The van der Waals surface area contributed by atoms with Gasteiger partial charge in [-0.05, 0) is 35.7 Å². The molecule has 0 fully saturated rings. The van der Waals surface area contributed by atoms with Crippen LogP contribution in [-0.4, -0.2) is 11.6 Å². The quantitative estimate of drug-likeness (QED) is 0.338. The van der Waals surface area contributed by atoms with Crippen LogP contribution >= 0.6 is 13.0 Å². The molecule has 2 aromatic carbocycles. The van der Waals surface area contributed by atoms with E-state index in [2.05, 4.69) is 10.2 Å². The zero-order chi connectivity index (χ0) is 19.3. The molecule has 0 aromatic heterocycles. The Morgan fingerprint density at radius 1 is 0.692 bits per heavy atom. The van der Waals surface area contributed by atoms with E-state index in [4.69, 9.17) is 45.6 Å². The summed E-state index contributed by atoms with van der Waals surface area (Å²) in [5.41, 5.74) is 24.4. The third-order valence-electron chi connectivity index (χ3n) is 3.67. The summed E-state index contributed by atoms with van der Waals surface area (Å²) in [6.07, 6.45) is 0. The number of fused-ring (bicyclic) bond motifs is 2. The molecule has 0 heterocycles. The van der Waals surface area contributed by atoms with Gasteiger partial charge in [0.15, 0.2) is 24.5 Å². The number of carbonyl (C=O) groups excluding carboxylic acids is 2. The molecule has 0 atom stereocenters. The highest BCUT2D eigenvalue weighted by atomic mass is 32.5. The second-order valence-corrected chi connectivity index (χ2v) is 12.7.